The molecule has 0 saturated heterocycles. The molecule has 10 nitrogen and oxygen atoms in total. The van der Waals surface area contributed by atoms with Gasteiger partial charge in [-0.1, -0.05) is 36.4 Å². The average Bonchev–Trinajstić information content (AvgIpc) is 2.93. The smallest absolute Gasteiger partial charge is 0.317 e. The molecule has 0 fully saturated rings. The third-order valence-corrected chi connectivity index (χ3v) is 5.88. The van der Waals surface area contributed by atoms with E-state index in [1.807, 2.05) is 66.7 Å². The molecule has 0 unspecified atom stereocenters. The van der Waals surface area contributed by atoms with E-state index in [2.05, 4.69) is 15.3 Å². The van der Waals surface area contributed by atoms with Gasteiger partial charge in [0.25, 0.3) is 5.56 Å². The summed E-state index contributed by atoms with van der Waals surface area (Å²) in [6, 6.07) is 20.5. The molecule has 4 rings (SSSR count). The fraction of sp³-hybridized carbons (Fsp3) is 0.107. The van der Waals surface area contributed by atoms with Gasteiger partial charge in [-0.3, -0.25) is 19.7 Å². The number of benzene rings is 2. The molecule has 38 heavy (non-hydrogen) atoms. The van der Waals surface area contributed by atoms with Gasteiger partial charge in [-0.25, -0.2) is 9.78 Å². The van der Waals surface area contributed by atoms with Crippen LogP contribution in [0.15, 0.2) is 94.5 Å². The molecule has 0 aliphatic carbocycles. The topological polar surface area (TPSA) is 161 Å². The van der Waals surface area contributed by atoms with E-state index in [-0.39, 0.29) is 17.0 Å². The number of nitrogens with one attached hydrogen (secondary N) is 1. The molecular weight excluding hydrogens is 482 g/mol. The minimum absolute atomic E-state index is 0.0704. The lowest BCUT2D eigenvalue weighted by Gasteiger charge is -2.20. The number of aromatic nitrogens is 2. The lowest BCUT2D eigenvalue weighted by atomic mass is 9.98. The zero-order valence-electron chi connectivity index (χ0n) is 20.8. The van der Waals surface area contributed by atoms with Crippen LogP contribution in [0.4, 0.5) is 4.79 Å². The quantitative estimate of drug-likeness (QED) is 0.205. The van der Waals surface area contributed by atoms with Crippen LogP contribution >= 0.6 is 0 Å². The summed E-state index contributed by atoms with van der Waals surface area (Å²) in [5.74, 6) is 0.331. The number of pyridine rings is 2. The van der Waals surface area contributed by atoms with Gasteiger partial charge in [0, 0.05) is 24.2 Å². The van der Waals surface area contributed by atoms with Gasteiger partial charge in [0.15, 0.2) is 0 Å². The highest BCUT2D eigenvalue weighted by Gasteiger charge is 2.20. The minimum Gasteiger partial charge on any atom is -0.481 e. The Kier molecular flexibility index (Phi) is 7.49. The molecule has 0 bridgehead atoms. The van der Waals surface area contributed by atoms with Gasteiger partial charge in [0.1, 0.15) is 17.5 Å². The Labute approximate surface area is 218 Å². The van der Waals surface area contributed by atoms with Crippen LogP contribution in [0.1, 0.15) is 18.7 Å². The molecule has 2 aromatic carbocycles. The van der Waals surface area contributed by atoms with Crippen LogP contribution in [-0.2, 0) is 0 Å². The summed E-state index contributed by atoms with van der Waals surface area (Å²) < 4.78 is 6.85. The summed E-state index contributed by atoms with van der Waals surface area (Å²) in [7, 11) is 1.53. The van der Waals surface area contributed by atoms with Crippen molar-refractivity contribution in [1.82, 2.24) is 14.9 Å². The number of fused-ring (bicyclic) bond motifs is 1. The third-order valence-electron chi connectivity index (χ3n) is 5.88. The lowest BCUT2D eigenvalue weighted by molar-refractivity contribution is 0.253. The Morgan fingerprint density at radius 2 is 1.95 bits per heavy atom. The maximum Gasteiger partial charge on any atom is 0.317 e. The molecule has 2 heterocycles. The largest absolute Gasteiger partial charge is 0.481 e. The normalized spacial score (nSPS) is 12.6. The number of methoxy groups -OCH3 is 1. The van der Waals surface area contributed by atoms with Gasteiger partial charge < -0.3 is 16.2 Å². The van der Waals surface area contributed by atoms with Crippen molar-refractivity contribution in [3.8, 4) is 28.8 Å². The van der Waals surface area contributed by atoms with E-state index in [1.165, 1.54) is 7.11 Å². The first-order chi connectivity index (χ1) is 18.4. The highest BCUT2D eigenvalue weighted by molar-refractivity contribution is 6.09. The summed E-state index contributed by atoms with van der Waals surface area (Å²) in [6.45, 7) is 1.74. The number of nitrogens with two attached hydrogens (primary N) is 2. The van der Waals surface area contributed by atoms with Crippen LogP contribution in [0.25, 0.3) is 27.6 Å². The van der Waals surface area contributed by atoms with Gasteiger partial charge in [0.2, 0.25) is 5.88 Å². The molecule has 0 aliphatic rings. The van der Waals surface area contributed by atoms with Crippen LogP contribution < -0.4 is 27.1 Å². The predicted molar refractivity (Wildman–Crippen MR) is 146 cm³/mol. The molecule has 0 aliphatic heterocycles. The molecule has 1 atom stereocenters. The van der Waals surface area contributed by atoms with Crippen molar-refractivity contribution in [2.24, 2.45) is 16.5 Å². The van der Waals surface area contributed by atoms with E-state index in [0.29, 0.717) is 28.0 Å². The molecule has 0 spiro atoms. The standard InChI is InChI=1S/C28H25N7O3/c1-17(33-26(34-28(31)37)20(15-29)16-30)23-13-19-7-6-10-22(18-11-12-32-24(14-18)38-2)25(19)27(36)35(23)21-8-4-3-5-9-21/h3-15,17H,29H2,1-2H3,(H3,31,33,34,37)/b20-15-/t17-/m0/s1. The number of urea groups is 1. The zero-order valence-corrected chi connectivity index (χ0v) is 20.8. The first-order valence-corrected chi connectivity index (χ1v) is 11.6. The molecule has 0 saturated carbocycles. The van der Waals surface area contributed by atoms with Crippen molar-refractivity contribution in [2.45, 2.75) is 13.0 Å². The van der Waals surface area contributed by atoms with Gasteiger partial charge in [0.05, 0.1) is 24.2 Å². The maximum atomic E-state index is 14.2. The first kappa shape index (κ1) is 25.7. The summed E-state index contributed by atoms with van der Waals surface area (Å²) in [5, 5.41) is 13.0. The number of hydrogen-bond acceptors (Lipinski definition) is 7. The van der Waals surface area contributed by atoms with E-state index in [4.69, 9.17) is 16.2 Å². The molecule has 5 N–H and O–H groups in total. The monoisotopic (exact) mass is 507 g/mol. The lowest BCUT2D eigenvalue weighted by Crippen LogP contribution is -2.36. The second kappa shape index (κ2) is 11.1. The van der Waals surface area contributed by atoms with E-state index in [1.54, 1.807) is 23.8 Å². The molecule has 2 aromatic heterocycles. The molecule has 0 radical (unpaired) electrons. The van der Waals surface area contributed by atoms with Gasteiger partial charge in [-0.2, -0.15) is 5.26 Å². The van der Waals surface area contributed by atoms with Crippen LogP contribution in [0.2, 0.25) is 0 Å². The van der Waals surface area contributed by atoms with Gasteiger partial charge in [-0.15, -0.1) is 0 Å². The molecule has 4 aromatic rings. The fourth-order valence-corrected chi connectivity index (χ4v) is 4.18. The van der Waals surface area contributed by atoms with E-state index < -0.39 is 12.1 Å². The van der Waals surface area contributed by atoms with Crippen LogP contribution in [0.3, 0.4) is 0 Å². The predicted octanol–water partition coefficient (Wildman–Crippen LogP) is 3.56. The van der Waals surface area contributed by atoms with Crippen molar-refractivity contribution >= 4 is 22.6 Å². The fourth-order valence-electron chi connectivity index (χ4n) is 4.18. The van der Waals surface area contributed by atoms with Gasteiger partial charge in [-0.05, 0) is 47.7 Å². The van der Waals surface area contributed by atoms with E-state index in [9.17, 15) is 14.9 Å². The number of amides is 2. The van der Waals surface area contributed by atoms with Crippen molar-refractivity contribution in [3.05, 3.63) is 101 Å². The SMILES string of the molecule is COc1cc(-c2cccc3cc([C@H](C)N=C(NC(N)=O)/C(C#N)=C\N)n(-c4ccccc4)c(=O)c23)ccn1. The van der Waals surface area contributed by atoms with Crippen molar-refractivity contribution < 1.29 is 9.53 Å². The Hall–Kier alpha value is -5.43. The highest BCUT2D eigenvalue weighted by atomic mass is 16.5. The van der Waals surface area contributed by atoms with E-state index in [0.717, 1.165) is 17.3 Å². The summed E-state index contributed by atoms with van der Waals surface area (Å²) in [4.78, 5) is 34.5. The molecule has 2 amide bonds. The number of primary amides is 1. The maximum absolute atomic E-state index is 14.2. The second-order valence-electron chi connectivity index (χ2n) is 8.24. The number of nitriles is 1. The highest BCUT2D eigenvalue weighted by Crippen LogP contribution is 2.31. The van der Waals surface area contributed by atoms with E-state index >= 15 is 0 Å². The third kappa shape index (κ3) is 5.08. The number of rotatable bonds is 6. The number of amidine groups is 1. The second-order valence-corrected chi connectivity index (χ2v) is 8.24. The number of para-hydroxylation sites is 1. The number of carbonyl (C=O) groups is 1. The molecule has 10 heteroatoms. The number of carbonyl (C=O) groups excluding carboxylic acids is 1. The summed E-state index contributed by atoms with van der Waals surface area (Å²) in [5.41, 5.74) is 13.2. The van der Waals surface area contributed by atoms with Crippen LogP contribution in [0.5, 0.6) is 5.88 Å². The zero-order chi connectivity index (χ0) is 27.2. The van der Waals surface area contributed by atoms with Crippen LogP contribution in [-0.4, -0.2) is 28.5 Å². The number of aliphatic imine (C=N–C) groups is 1. The number of hydrogen-bond donors (Lipinski definition) is 3. The number of nitrogens with zero attached hydrogens (tertiary/aromatic N) is 4. The van der Waals surface area contributed by atoms with Gasteiger partial charge >= 0.3 is 6.03 Å². The van der Waals surface area contributed by atoms with Crippen molar-refractivity contribution in [2.75, 3.05) is 7.11 Å². The van der Waals surface area contributed by atoms with Crippen LogP contribution in [0, 0.1) is 11.3 Å². The molecular formula is C28H25N7O3. The Morgan fingerprint density at radius 3 is 2.61 bits per heavy atom. The minimum atomic E-state index is -0.901. The first-order valence-electron chi connectivity index (χ1n) is 11.6. The number of ether oxygens (including phenoxy) is 1. The Bertz CT molecular complexity index is 1670. The Balaban J connectivity index is 2.02. The average molecular weight is 508 g/mol. The molecule has 190 valence electrons. The summed E-state index contributed by atoms with van der Waals surface area (Å²) >= 11 is 0. The van der Waals surface area contributed by atoms with Crippen molar-refractivity contribution in [3.63, 3.8) is 0 Å². The summed E-state index contributed by atoms with van der Waals surface area (Å²) in [6.07, 6.45) is 2.65. The Morgan fingerprint density at radius 1 is 1.18 bits per heavy atom. The van der Waals surface area contributed by atoms with Crippen molar-refractivity contribution in [1.29, 1.82) is 5.26 Å².